The van der Waals surface area contributed by atoms with Crippen molar-refractivity contribution in [3.05, 3.63) is 0 Å². The second-order valence-electron chi connectivity index (χ2n) is 4.05. The van der Waals surface area contributed by atoms with E-state index >= 15 is 0 Å². The van der Waals surface area contributed by atoms with E-state index in [1.54, 1.807) is 7.11 Å². The second-order valence-corrected chi connectivity index (χ2v) is 4.05. The molecular formula is C10H17NO2. The number of likely N-dealkylation sites (tertiary alicyclic amines) is 1. The molecule has 0 atom stereocenters. The quantitative estimate of drug-likeness (QED) is 0.643. The summed E-state index contributed by atoms with van der Waals surface area (Å²) in [5, 5.41) is 0. The summed E-state index contributed by atoms with van der Waals surface area (Å²) in [6.45, 7) is 1.87. The molecule has 0 radical (unpaired) electrons. The molecule has 1 saturated carbocycles. The van der Waals surface area contributed by atoms with Crippen molar-refractivity contribution in [2.75, 3.05) is 20.2 Å². The number of carbonyl (C=O) groups excluding carboxylic acids is 1. The Hall–Kier alpha value is -0.570. The lowest BCUT2D eigenvalue weighted by atomic mass is 9.98. The first-order chi connectivity index (χ1) is 6.28. The molecule has 1 aliphatic carbocycles. The molecule has 0 bridgehead atoms. The summed E-state index contributed by atoms with van der Waals surface area (Å²) in [5.74, 6) is 0.235. The van der Waals surface area contributed by atoms with Crippen molar-refractivity contribution >= 4 is 5.91 Å². The Morgan fingerprint density at radius 3 is 2.23 bits per heavy atom. The lowest BCUT2D eigenvalue weighted by Crippen LogP contribution is -2.53. The topological polar surface area (TPSA) is 29.5 Å². The number of nitrogens with zero attached hydrogens (tertiary/aromatic N) is 1. The largest absolute Gasteiger partial charge is 0.368 e. The lowest BCUT2D eigenvalue weighted by molar-refractivity contribution is -0.158. The van der Waals surface area contributed by atoms with E-state index in [1.165, 1.54) is 0 Å². The fourth-order valence-electron chi connectivity index (χ4n) is 2.26. The molecule has 74 valence electrons. The van der Waals surface area contributed by atoms with E-state index in [0.717, 1.165) is 45.2 Å². The number of rotatable bonds is 2. The molecule has 2 rings (SSSR count). The predicted octanol–water partition coefficient (Wildman–Crippen LogP) is 1.18. The number of amides is 1. The van der Waals surface area contributed by atoms with Gasteiger partial charge in [0.05, 0.1) is 0 Å². The van der Waals surface area contributed by atoms with E-state index < -0.39 is 5.60 Å². The van der Waals surface area contributed by atoms with Crippen LogP contribution in [0.3, 0.4) is 0 Å². The fraction of sp³-hybridized carbons (Fsp3) is 0.900. The highest BCUT2D eigenvalue weighted by Gasteiger charge is 2.44. The first-order valence-electron chi connectivity index (χ1n) is 5.13. The van der Waals surface area contributed by atoms with Crippen molar-refractivity contribution in [2.45, 2.75) is 37.7 Å². The molecule has 2 fully saturated rings. The summed E-state index contributed by atoms with van der Waals surface area (Å²) >= 11 is 0. The monoisotopic (exact) mass is 183 g/mol. The molecule has 0 aromatic heterocycles. The van der Waals surface area contributed by atoms with Crippen LogP contribution in [0.5, 0.6) is 0 Å². The van der Waals surface area contributed by atoms with E-state index in [9.17, 15) is 4.79 Å². The molecule has 0 spiro atoms. The molecule has 2 aliphatic rings. The van der Waals surface area contributed by atoms with Crippen molar-refractivity contribution in [1.29, 1.82) is 0 Å². The van der Waals surface area contributed by atoms with Crippen molar-refractivity contribution in [2.24, 2.45) is 0 Å². The fourth-order valence-corrected chi connectivity index (χ4v) is 2.26. The Labute approximate surface area is 79.0 Å². The molecule has 0 aromatic rings. The van der Waals surface area contributed by atoms with Gasteiger partial charge in [-0.1, -0.05) is 0 Å². The molecule has 0 unspecified atom stereocenters. The molecule has 13 heavy (non-hydrogen) atoms. The average molecular weight is 183 g/mol. The Balaban J connectivity index is 2.05. The molecule has 3 nitrogen and oxygen atoms in total. The van der Waals surface area contributed by atoms with Crippen LogP contribution >= 0.6 is 0 Å². The van der Waals surface area contributed by atoms with Gasteiger partial charge in [0, 0.05) is 20.2 Å². The van der Waals surface area contributed by atoms with Crippen molar-refractivity contribution in [3.8, 4) is 0 Å². The van der Waals surface area contributed by atoms with Crippen LogP contribution < -0.4 is 0 Å². The summed E-state index contributed by atoms with van der Waals surface area (Å²) in [5.41, 5.74) is -0.444. The van der Waals surface area contributed by atoms with Crippen LogP contribution in [0, 0.1) is 0 Å². The van der Waals surface area contributed by atoms with Crippen LogP contribution in [0.15, 0.2) is 0 Å². The van der Waals surface area contributed by atoms with Crippen LogP contribution in [0.4, 0.5) is 0 Å². The van der Waals surface area contributed by atoms with Gasteiger partial charge >= 0.3 is 0 Å². The number of ether oxygens (including phenoxy) is 1. The maximum absolute atomic E-state index is 12.0. The van der Waals surface area contributed by atoms with Gasteiger partial charge in [-0.15, -0.1) is 0 Å². The third-order valence-electron chi connectivity index (χ3n) is 3.34. The highest BCUT2D eigenvalue weighted by molar-refractivity contribution is 5.86. The van der Waals surface area contributed by atoms with Crippen molar-refractivity contribution < 1.29 is 9.53 Å². The van der Waals surface area contributed by atoms with Crippen molar-refractivity contribution in [3.63, 3.8) is 0 Å². The molecule has 0 aromatic carbocycles. The minimum Gasteiger partial charge on any atom is -0.368 e. The number of hydrogen-bond donors (Lipinski definition) is 0. The van der Waals surface area contributed by atoms with E-state index in [2.05, 4.69) is 0 Å². The van der Waals surface area contributed by atoms with E-state index in [1.807, 2.05) is 4.90 Å². The van der Waals surface area contributed by atoms with Crippen LogP contribution in [-0.2, 0) is 9.53 Å². The number of methoxy groups -OCH3 is 1. The van der Waals surface area contributed by atoms with E-state index in [-0.39, 0.29) is 5.91 Å². The van der Waals surface area contributed by atoms with Crippen LogP contribution in [0.1, 0.15) is 32.1 Å². The number of hydrogen-bond acceptors (Lipinski definition) is 2. The minimum absolute atomic E-state index is 0.235. The maximum atomic E-state index is 12.0. The summed E-state index contributed by atoms with van der Waals surface area (Å²) < 4.78 is 5.43. The summed E-state index contributed by atoms with van der Waals surface area (Å²) in [6.07, 6.45) is 5.25. The van der Waals surface area contributed by atoms with Crippen LogP contribution in [-0.4, -0.2) is 36.6 Å². The summed E-state index contributed by atoms with van der Waals surface area (Å²) in [4.78, 5) is 13.9. The van der Waals surface area contributed by atoms with Gasteiger partial charge in [-0.2, -0.15) is 0 Å². The smallest absolute Gasteiger partial charge is 0.254 e. The Morgan fingerprint density at radius 2 is 1.85 bits per heavy atom. The minimum atomic E-state index is -0.444. The van der Waals surface area contributed by atoms with Gasteiger partial charge in [-0.3, -0.25) is 4.79 Å². The SMILES string of the molecule is COC1(C(=O)N2CCC2)CCCC1. The average Bonchev–Trinajstić information content (AvgIpc) is 2.49. The van der Waals surface area contributed by atoms with E-state index in [0.29, 0.717) is 0 Å². The molecule has 1 aliphatic heterocycles. The number of carbonyl (C=O) groups is 1. The summed E-state index contributed by atoms with van der Waals surface area (Å²) in [7, 11) is 1.67. The Kier molecular flexibility index (Phi) is 2.28. The Morgan fingerprint density at radius 1 is 1.23 bits per heavy atom. The molecule has 1 saturated heterocycles. The zero-order valence-electron chi connectivity index (χ0n) is 8.21. The standard InChI is InChI=1S/C10H17NO2/c1-13-10(5-2-3-6-10)9(12)11-7-4-8-11/h2-8H2,1H3. The highest BCUT2D eigenvalue weighted by atomic mass is 16.5. The summed E-state index contributed by atoms with van der Waals surface area (Å²) in [6, 6.07) is 0. The molecular weight excluding hydrogens is 166 g/mol. The zero-order valence-corrected chi connectivity index (χ0v) is 8.21. The van der Waals surface area contributed by atoms with Crippen LogP contribution in [0.25, 0.3) is 0 Å². The first-order valence-corrected chi connectivity index (χ1v) is 5.13. The molecule has 1 heterocycles. The first kappa shape index (κ1) is 9.00. The van der Waals surface area contributed by atoms with Gasteiger partial charge in [0.15, 0.2) is 0 Å². The Bertz CT molecular complexity index is 205. The van der Waals surface area contributed by atoms with Gasteiger partial charge in [0.1, 0.15) is 5.60 Å². The van der Waals surface area contributed by atoms with Gasteiger partial charge in [0.2, 0.25) is 0 Å². The molecule has 3 heteroatoms. The van der Waals surface area contributed by atoms with Crippen LogP contribution in [0.2, 0.25) is 0 Å². The third kappa shape index (κ3) is 1.35. The predicted molar refractivity (Wildman–Crippen MR) is 49.4 cm³/mol. The van der Waals surface area contributed by atoms with Gasteiger partial charge in [-0.05, 0) is 32.1 Å². The van der Waals surface area contributed by atoms with Gasteiger partial charge < -0.3 is 9.64 Å². The normalized spacial score (nSPS) is 25.8. The third-order valence-corrected chi connectivity index (χ3v) is 3.34. The molecule has 0 N–H and O–H groups in total. The highest BCUT2D eigenvalue weighted by Crippen LogP contribution is 2.35. The van der Waals surface area contributed by atoms with Gasteiger partial charge in [-0.25, -0.2) is 0 Å². The second kappa shape index (κ2) is 3.29. The lowest BCUT2D eigenvalue weighted by Gasteiger charge is -2.38. The zero-order chi connectivity index (χ0) is 9.31. The van der Waals surface area contributed by atoms with Crippen molar-refractivity contribution in [1.82, 2.24) is 4.90 Å². The van der Waals surface area contributed by atoms with Gasteiger partial charge in [0.25, 0.3) is 5.91 Å². The molecule has 1 amide bonds. The maximum Gasteiger partial charge on any atom is 0.254 e. The van der Waals surface area contributed by atoms with E-state index in [4.69, 9.17) is 4.74 Å².